The van der Waals surface area contributed by atoms with Crippen LogP contribution in [0.1, 0.15) is 21.5 Å². The molecule has 1 aliphatic heterocycles. The number of fused-ring (bicyclic) bond motifs is 1. The van der Waals surface area contributed by atoms with Crippen LogP contribution in [0.5, 0.6) is 11.5 Å². The zero-order valence-electron chi connectivity index (χ0n) is 14.1. The number of halogens is 2. The van der Waals surface area contributed by atoms with Crippen molar-refractivity contribution in [3.63, 3.8) is 0 Å². The molecule has 1 heterocycles. The fraction of sp³-hybridized carbons (Fsp3) is 0.0455. The first kappa shape index (κ1) is 18.0. The molecule has 0 bridgehead atoms. The number of Topliss-reactive ketones (excluding diaryl/α,β-unsaturated/α-hetero) is 1. The third-order valence-electron chi connectivity index (χ3n) is 4.13. The second-order valence-electron chi connectivity index (χ2n) is 6.06. The number of carbonyl (C=O) groups is 1. The highest BCUT2D eigenvalue weighted by molar-refractivity contribution is 9.10. The standard InChI is InChI=1S/C22H14Br2O3/c23-16-5-1-14(2-6-16)11-21-22(25)19-10-9-18(12-20(19)27-21)26-13-15-3-7-17(24)8-4-15/h1-12H,13H2. The largest absolute Gasteiger partial charge is 0.489 e. The van der Waals surface area contributed by atoms with Crippen molar-refractivity contribution in [3.05, 3.63) is 98.1 Å². The minimum Gasteiger partial charge on any atom is -0.489 e. The van der Waals surface area contributed by atoms with E-state index in [2.05, 4.69) is 31.9 Å². The van der Waals surface area contributed by atoms with Crippen molar-refractivity contribution in [1.82, 2.24) is 0 Å². The number of benzene rings is 3. The summed E-state index contributed by atoms with van der Waals surface area (Å²) in [6, 6.07) is 20.9. The lowest BCUT2D eigenvalue weighted by molar-refractivity contribution is 0.101. The van der Waals surface area contributed by atoms with Gasteiger partial charge in [0, 0.05) is 15.0 Å². The SMILES string of the molecule is O=C1C(=Cc2ccc(Br)cc2)Oc2cc(OCc3ccc(Br)cc3)ccc21. The number of hydrogen-bond donors (Lipinski definition) is 0. The highest BCUT2D eigenvalue weighted by atomic mass is 79.9. The van der Waals surface area contributed by atoms with Crippen molar-refractivity contribution in [2.24, 2.45) is 0 Å². The Kier molecular flexibility index (Phi) is 5.14. The van der Waals surface area contributed by atoms with E-state index in [1.807, 2.05) is 48.5 Å². The molecule has 0 atom stereocenters. The average molecular weight is 486 g/mol. The number of carbonyl (C=O) groups excluding carboxylic acids is 1. The van der Waals surface area contributed by atoms with E-state index < -0.39 is 0 Å². The van der Waals surface area contributed by atoms with Crippen LogP contribution in [0.3, 0.4) is 0 Å². The topological polar surface area (TPSA) is 35.5 Å². The maximum Gasteiger partial charge on any atom is 0.231 e. The van der Waals surface area contributed by atoms with Crippen LogP contribution < -0.4 is 9.47 Å². The van der Waals surface area contributed by atoms with Crippen molar-refractivity contribution >= 4 is 43.7 Å². The van der Waals surface area contributed by atoms with Crippen LogP contribution in [0.25, 0.3) is 6.08 Å². The zero-order chi connectivity index (χ0) is 18.8. The molecule has 0 saturated heterocycles. The minimum absolute atomic E-state index is 0.118. The van der Waals surface area contributed by atoms with E-state index in [1.165, 1.54) is 0 Å². The molecule has 3 aromatic rings. The number of ether oxygens (including phenoxy) is 2. The first-order valence-electron chi connectivity index (χ1n) is 8.29. The van der Waals surface area contributed by atoms with Crippen LogP contribution in [-0.4, -0.2) is 5.78 Å². The highest BCUT2D eigenvalue weighted by Gasteiger charge is 2.27. The van der Waals surface area contributed by atoms with E-state index in [0.717, 1.165) is 20.1 Å². The maximum atomic E-state index is 12.5. The Labute approximate surface area is 173 Å². The molecule has 27 heavy (non-hydrogen) atoms. The molecule has 1 aliphatic rings. The monoisotopic (exact) mass is 484 g/mol. The van der Waals surface area contributed by atoms with Gasteiger partial charge >= 0.3 is 0 Å². The smallest absolute Gasteiger partial charge is 0.231 e. The third kappa shape index (κ3) is 4.15. The minimum atomic E-state index is -0.118. The first-order valence-corrected chi connectivity index (χ1v) is 9.88. The summed E-state index contributed by atoms with van der Waals surface area (Å²) in [6.07, 6.45) is 1.75. The summed E-state index contributed by atoms with van der Waals surface area (Å²) in [5.74, 6) is 1.38. The highest BCUT2D eigenvalue weighted by Crippen LogP contribution is 2.35. The summed E-state index contributed by atoms with van der Waals surface area (Å²) < 4.78 is 13.6. The molecule has 0 saturated carbocycles. The Hall–Kier alpha value is -2.37. The van der Waals surface area contributed by atoms with Crippen LogP contribution in [-0.2, 0) is 6.61 Å². The van der Waals surface area contributed by atoms with Crippen molar-refractivity contribution in [2.75, 3.05) is 0 Å². The van der Waals surface area contributed by atoms with Gasteiger partial charge in [-0.3, -0.25) is 4.79 Å². The predicted molar refractivity (Wildman–Crippen MR) is 112 cm³/mol. The molecule has 0 fully saturated rings. The van der Waals surface area contributed by atoms with Gasteiger partial charge in [0.2, 0.25) is 5.78 Å². The van der Waals surface area contributed by atoms with E-state index in [-0.39, 0.29) is 5.78 Å². The fourth-order valence-electron chi connectivity index (χ4n) is 2.71. The summed E-state index contributed by atoms with van der Waals surface area (Å²) in [4.78, 5) is 12.5. The molecule has 134 valence electrons. The maximum absolute atomic E-state index is 12.5. The summed E-state index contributed by atoms with van der Waals surface area (Å²) in [6.45, 7) is 0.446. The number of hydrogen-bond acceptors (Lipinski definition) is 3. The Morgan fingerprint density at radius 2 is 1.56 bits per heavy atom. The summed E-state index contributed by atoms with van der Waals surface area (Å²) in [5.41, 5.74) is 2.52. The van der Waals surface area contributed by atoms with Gasteiger partial charge in [-0.15, -0.1) is 0 Å². The average Bonchev–Trinajstić information content (AvgIpc) is 2.98. The Morgan fingerprint density at radius 1 is 0.889 bits per heavy atom. The lowest BCUT2D eigenvalue weighted by atomic mass is 10.1. The predicted octanol–water partition coefficient (Wildman–Crippen LogP) is 6.41. The Balaban J connectivity index is 1.50. The van der Waals surface area contributed by atoms with Gasteiger partial charge in [0.15, 0.2) is 5.76 Å². The van der Waals surface area contributed by atoms with E-state index >= 15 is 0 Å². The van der Waals surface area contributed by atoms with Crippen LogP contribution in [0.4, 0.5) is 0 Å². The second-order valence-corrected chi connectivity index (χ2v) is 7.90. The zero-order valence-corrected chi connectivity index (χ0v) is 17.3. The molecule has 0 amide bonds. The molecule has 0 spiro atoms. The molecule has 0 radical (unpaired) electrons. The second kappa shape index (κ2) is 7.71. The van der Waals surface area contributed by atoms with Crippen molar-refractivity contribution in [3.8, 4) is 11.5 Å². The van der Waals surface area contributed by atoms with Crippen molar-refractivity contribution < 1.29 is 14.3 Å². The van der Waals surface area contributed by atoms with Crippen molar-refractivity contribution in [2.45, 2.75) is 6.61 Å². The van der Waals surface area contributed by atoms with Crippen LogP contribution in [0.15, 0.2) is 81.4 Å². The van der Waals surface area contributed by atoms with Gasteiger partial charge in [0.1, 0.15) is 18.1 Å². The van der Waals surface area contributed by atoms with Gasteiger partial charge in [0.05, 0.1) is 5.56 Å². The Bertz CT molecular complexity index is 1020. The van der Waals surface area contributed by atoms with E-state index in [0.29, 0.717) is 29.4 Å². The van der Waals surface area contributed by atoms with Crippen molar-refractivity contribution in [1.29, 1.82) is 0 Å². The van der Waals surface area contributed by atoms with Gasteiger partial charge < -0.3 is 9.47 Å². The molecular weight excluding hydrogens is 472 g/mol. The van der Waals surface area contributed by atoms with E-state index in [9.17, 15) is 4.79 Å². The van der Waals surface area contributed by atoms with Gasteiger partial charge in [0.25, 0.3) is 0 Å². The molecule has 0 unspecified atom stereocenters. The normalized spacial score (nSPS) is 14.1. The van der Waals surface area contributed by atoms with Gasteiger partial charge in [-0.2, -0.15) is 0 Å². The number of rotatable bonds is 4. The molecular formula is C22H14Br2O3. The van der Waals surface area contributed by atoms with Gasteiger partial charge in [-0.05, 0) is 53.6 Å². The van der Waals surface area contributed by atoms with Gasteiger partial charge in [-0.1, -0.05) is 56.1 Å². The number of allylic oxidation sites excluding steroid dienone is 1. The Morgan fingerprint density at radius 3 is 2.26 bits per heavy atom. The quantitative estimate of drug-likeness (QED) is 0.400. The van der Waals surface area contributed by atoms with E-state index in [4.69, 9.17) is 9.47 Å². The molecule has 3 aromatic carbocycles. The molecule has 0 N–H and O–H groups in total. The number of ketones is 1. The first-order chi connectivity index (χ1) is 13.1. The summed E-state index contributed by atoms with van der Waals surface area (Å²) >= 11 is 6.82. The van der Waals surface area contributed by atoms with Crippen LogP contribution in [0, 0.1) is 0 Å². The fourth-order valence-corrected chi connectivity index (χ4v) is 3.24. The summed E-state index contributed by atoms with van der Waals surface area (Å²) in [7, 11) is 0. The van der Waals surface area contributed by atoms with Crippen LogP contribution in [0.2, 0.25) is 0 Å². The molecule has 0 aromatic heterocycles. The summed E-state index contributed by atoms with van der Waals surface area (Å²) in [5, 5.41) is 0. The van der Waals surface area contributed by atoms with E-state index in [1.54, 1.807) is 24.3 Å². The molecule has 4 rings (SSSR count). The third-order valence-corrected chi connectivity index (χ3v) is 5.19. The molecule has 0 aliphatic carbocycles. The van der Waals surface area contributed by atoms with Gasteiger partial charge in [-0.25, -0.2) is 0 Å². The van der Waals surface area contributed by atoms with Crippen LogP contribution >= 0.6 is 31.9 Å². The molecule has 5 heteroatoms. The lowest BCUT2D eigenvalue weighted by Gasteiger charge is -2.07. The lowest BCUT2D eigenvalue weighted by Crippen LogP contribution is -1.98. The molecule has 3 nitrogen and oxygen atoms in total.